The molecule has 0 aliphatic carbocycles. The van der Waals surface area contributed by atoms with E-state index in [9.17, 15) is 4.79 Å². The molecule has 0 fully saturated rings. The van der Waals surface area contributed by atoms with Gasteiger partial charge in [0.25, 0.3) is 0 Å². The number of pyridine rings is 1. The number of nitrogens with zero attached hydrogens (tertiary/aromatic N) is 2. The Morgan fingerprint density at radius 2 is 2.19 bits per heavy atom. The molecule has 2 heterocycles. The van der Waals surface area contributed by atoms with Gasteiger partial charge in [0.2, 0.25) is 0 Å². The molecule has 0 saturated carbocycles. The fourth-order valence-corrected chi connectivity index (χ4v) is 2.90. The highest BCUT2D eigenvalue weighted by molar-refractivity contribution is 7.22. The highest BCUT2D eigenvalue weighted by atomic mass is 35.5. The number of hydrogen-bond acceptors (Lipinski definition) is 6. The van der Waals surface area contributed by atoms with Crippen molar-refractivity contribution in [1.82, 2.24) is 9.97 Å². The summed E-state index contributed by atoms with van der Waals surface area (Å²) < 4.78 is 0.936. The summed E-state index contributed by atoms with van der Waals surface area (Å²) in [7, 11) is 0. The normalized spacial score (nSPS) is 10.7. The maximum absolute atomic E-state index is 10.8. The smallest absolute Gasteiger partial charge is 0.337 e. The number of nitrogen functional groups attached to an aromatic ring is 1. The van der Waals surface area contributed by atoms with Crippen molar-refractivity contribution in [3.63, 3.8) is 0 Å². The van der Waals surface area contributed by atoms with E-state index < -0.39 is 5.97 Å². The number of hydrogen-bond donors (Lipinski definition) is 3. The standard InChI is InChI=1S/C13H9ClN4O2S/c14-7-1-2-9-10(4-7)21-13(17-9)18-11-8(15)3-6(5-16-11)12(19)20/h1-5H,15H2,(H,19,20)(H,16,17,18). The van der Waals surface area contributed by atoms with E-state index in [1.54, 1.807) is 6.07 Å². The first-order valence-corrected chi connectivity index (χ1v) is 7.04. The minimum Gasteiger partial charge on any atom is -0.478 e. The molecule has 0 radical (unpaired) electrons. The zero-order valence-corrected chi connectivity index (χ0v) is 12.1. The van der Waals surface area contributed by atoms with Crippen molar-refractivity contribution < 1.29 is 9.90 Å². The van der Waals surface area contributed by atoms with Gasteiger partial charge in [0, 0.05) is 11.2 Å². The van der Waals surface area contributed by atoms with E-state index in [1.807, 2.05) is 12.1 Å². The fourth-order valence-electron chi connectivity index (χ4n) is 1.76. The molecule has 21 heavy (non-hydrogen) atoms. The van der Waals surface area contributed by atoms with Crippen LogP contribution >= 0.6 is 22.9 Å². The predicted octanol–water partition coefficient (Wildman–Crippen LogP) is 3.37. The van der Waals surface area contributed by atoms with Gasteiger partial charge < -0.3 is 16.2 Å². The topological polar surface area (TPSA) is 101 Å². The monoisotopic (exact) mass is 320 g/mol. The van der Waals surface area contributed by atoms with Gasteiger partial charge in [-0.25, -0.2) is 14.8 Å². The Hall–Kier alpha value is -2.38. The fraction of sp³-hybridized carbons (Fsp3) is 0. The Bertz CT molecular complexity index is 849. The number of carbonyl (C=O) groups is 1. The molecule has 0 spiro atoms. The number of carboxylic acids is 1. The van der Waals surface area contributed by atoms with Crippen LogP contribution < -0.4 is 11.1 Å². The van der Waals surface area contributed by atoms with E-state index >= 15 is 0 Å². The van der Waals surface area contributed by atoms with Crippen LogP contribution in [0.3, 0.4) is 0 Å². The molecule has 8 heteroatoms. The number of halogens is 1. The Morgan fingerprint density at radius 1 is 1.38 bits per heavy atom. The van der Waals surface area contributed by atoms with E-state index in [0.29, 0.717) is 16.0 Å². The molecule has 0 atom stereocenters. The van der Waals surface area contributed by atoms with Gasteiger partial charge in [0.1, 0.15) is 0 Å². The van der Waals surface area contributed by atoms with Crippen LogP contribution in [0.1, 0.15) is 10.4 Å². The molecule has 3 aromatic rings. The lowest BCUT2D eigenvalue weighted by Crippen LogP contribution is -2.03. The van der Waals surface area contributed by atoms with Crippen molar-refractivity contribution in [2.75, 3.05) is 11.1 Å². The minimum atomic E-state index is -1.07. The van der Waals surface area contributed by atoms with Crippen molar-refractivity contribution in [3.8, 4) is 0 Å². The Kier molecular flexibility index (Phi) is 3.36. The molecule has 0 aliphatic rings. The number of anilines is 3. The molecular formula is C13H9ClN4O2S. The average molecular weight is 321 g/mol. The van der Waals surface area contributed by atoms with E-state index in [2.05, 4.69) is 15.3 Å². The van der Waals surface area contributed by atoms with E-state index in [1.165, 1.54) is 23.6 Å². The number of rotatable bonds is 3. The predicted molar refractivity (Wildman–Crippen MR) is 83.5 cm³/mol. The molecule has 3 rings (SSSR count). The summed E-state index contributed by atoms with van der Waals surface area (Å²) in [5, 5.41) is 13.1. The van der Waals surface area contributed by atoms with Gasteiger partial charge in [-0.1, -0.05) is 22.9 Å². The maximum Gasteiger partial charge on any atom is 0.337 e. The third-order valence-electron chi connectivity index (χ3n) is 2.74. The number of carboxylic acid groups (broad SMARTS) is 1. The van der Waals surface area contributed by atoms with E-state index in [0.717, 1.165) is 10.2 Å². The van der Waals surface area contributed by atoms with Crippen molar-refractivity contribution in [2.24, 2.45) is 0 Å². The number of aromatic carboxylic acids is 1. The van der Waals surface area contributed by atoms with Crippen molar-refractivity contribution in [2.45, 2.75) is 0 Å². The van der Waals surface area contributed by atoms with Crippen molar-refractivity contribution in [3.05, 3.63) is 41.0 Å². The Labute approximate surface area is 128 Å². The molecule has 0 amide bonds. The molecule has 0 aliphatic heterocycles. The zero-order chi connectivity index (χ0) is 15.0. The van der Waals surface area contributed by atoms with Gasteiger partial charge in [0.05, 0.1) is 21.5 Å². The second-order valence-corrected chi connectivity index (χ2v) is 5.69. The average Bonchev–Trinajstić information content (AvgIpc) is 2.82. The van der Waals surface area contributed by atoms with Crippen molar-refractivity contribution >= 4 is 55.8 Å². The highest BCUT2D eigenvalue weighted by Gasteiger charge is 2.10. The van der Waals surface area contributed by atoms with Gasteiger partial charge in [0.15, 0.2) is 10.9 Å². The largest absolute Gasteiger partial charge is 0.478 e. The minimum absolute atomic E-state index is 0.0362. The number of benzene rings is 1. The van der Waals surface area contributed by atoms with Crippen LogP contribution in [-0.4, -0.2) is 21.0 Å². The van der Waals surface area contributed by atoms with Crippen LogP contribution in [0, 0.1) is 0 Å². The van der Waals surface area contributed by atoms with Gasteiger partial charge in [-0.2, -0.15) is 0 Å². The summed E-state index contributed by atoms with van der Waals surface area (Å²) in [5.74, 6) is -0.708. The summed E-state index contributed by atoms with van der Waals surface area (Å²) >= 11 is 7.34. The number of nitrogens with two attached hydrogens (primary N) is 1. The lowest BCUT2D eigenvalue weighted by molar-refractivity contribution is 0.0696. The summed E-state index contributed by atoms with van der Waals surface area (Å²) in [6.07, 6.45) is 1.24. The van der Waals surface area contributed by atoms with Crippen LogP contribution in [0.4, 0.5) is 16.6 Å². The van der Waals surface area contributed by atoms with E-state index in [4.69, 9.17) is 22.4 Å². The number of aromatic nitrogens is 2. The first-order chi connectivity index (χ1) is 10.0. The number of thiazole rings is 1. The van der Waals surface area contributed by atoms with Crippen LogP contribution in [0.25, 0.3) is 10.2 Å². The molecule has 1 aromatic carbocycles. The SMILES string of the molecule is Nc1cc(C(=O)O)cnc1Nc1nc2ccc(Cl)cc2s1. The molecule has 0 saturated heterocycles. The van der Waals surface area contributed by atoms with Crippen LogP contribution in [-0.2, 0) is 0 Å². The van der Waals surface area contributed by atoms with Crippen LogP contribution in [0.15, 0.2) is 30.5 Å². The highest BCUT2D eigenvalue weighted by Crippen LogP contribution is 2.31. The molecule has 0 unspecified atom stereocenters. The second-order valence-electron chi connectivity index (χ2n) is 4.22. The molecular weight excluding hydrogens is 312 g/mol. The number of fused-ring (bicyclic) bond motifs is 1. The van der Waals surface area contributed by atoms with E-state index in [-0.39, 0.29) is 11.3 Å². The first kappa shape index (κ1) is 13.6. The molecule has 2 aromatic heterocycles. The van der Waals surface area contributed by atoms with Crippen LogP contribution in [0.2, 0.25) is 5.02 Å². The van der Waals surface area contributed by atoms with Gasteiger partial charge in [-0.15, -0.1) is 0 Å². The third kappa shape index (κ3) is 2.74. The zero-order valence-electron chi connectivity index (χ0n) is 10.5. The van der Waals surface area contributed by atoms with Crippen LogP contribution in [0.5, 0.6) is 0 Å². The Morgan fingerprint density at radius 3 is 2.90 bits per heavy atom. The molecule has 4 N–H and O–H groups in total. The maximum atomic E-state index is 10.8. The Balaban J connectivity index is 1.93. The molecule has 6 nitrogen and oxygen atoms in total. The summed E-state index contributed by atoms with van der Waals surface area (Å²) in [4.78, 5) is 19.2. The van der Waals surface area contributed by atoms with Gasteiger partial charge >= 0.3 is 5.97 Å². The lowest BCUT2D eigenvalue weighted by atomic mass is 10.2. The first-order valence-electron chi connectivity index (χ1n) is 5.85. The molecule has 0 bridgehead atoms. The summed E-state index contributed by atoms with van der Waals surface area (Å²) in [6, 6.07) is 6.76. The third-order valence-corrected chi connectivity index (χ3v) is 3.91. The number of nitrogens with one attached hydrogen (secondary N) is 1. The summed E-state index contributed by atoms with van der Waals surface area (Å²) in [6.45, 7) is 0. The summed E-state index contributed by atoms with van der Waals surface area (Å²) in [5.41, 5.74) is 6.88. The van der Waals surface area contributed by atoms with Gasteiger partial charge in [-0.05, 0) is 24.3 Å². The lowest BCUT2D eigenvalue weighted by Gasteiger charge is -2.05. The molecule has 106 valence electrons. The van der Waals surface area contributed by atoms with Gasteiger partial charge in [-0.3, -0.25) is 0 Å². The van der Waals surface area contributed by atoms with Crippen molar-refractivity contribution in [1.29, 1.82) is 0 Å². The second kappa shape index (κ2) is 5.19. The quantitative estimate of drug-likeness (QED) is 0.684.